The quantitative estimate of drug-likeness (QED) is 0.796. The summed E-state index contributed by atoms with van der Waals surface area (Å²) in [7, 11) is 0. The highest BCUT2D eigenvalue weighted by molar-refractivity contribution is 5.90. The van der Waals surface area contributed by atoms with Gasteiger partial charge in [-0.1, -0.05) is 20.8 Å². The molecule has 0 aromatic carbocycles. The van der Waals surface area contributed by atoms with E-state index in [1.54, 1.807) is 6.92 Å². The second-order valence-electron chi connectivity index (χ2n) is 7.17. The second kappa shape index (κ2) is 4.30. The van der Waals surface area contributed by atoms with Gasteiger partial charge in [0, 0.05) is 17.8 Å². The molecule has 3 atom stereocenters. The number of esters is 1. The molecule has 2 aliphatic carbocycles. The first kappa shape index (κ1) is 14.5. The maximum Gasteiger partial charge on any atom is 0.306 e. The SMILES string of the molecule is CCOC(=O)C[C@H]1C(=O)C[C@]2(O)CC(C)(C)C[C@]12C. The highest BCUT2D eigenvalue weighted by atomic mass is 16.5. The third kappa shape index (κ3) is 2.20. The standard InChI is InChI=1S/C15H24O4/c1-5-19-12(17)6-10-11(16)7-15(18)9-13(2,3)8-14(10,15)4/h10,18H,5-9H2,1-4H3/t10-,14+,15-/m0/s1. The van der Waals surface area contributed by atoms with Crippen molar-refractivity contribution in [3.05, 3.63) is 0 Å². The fourth-order valence-corrected chi connectivity index (χ4v) is 4.42. The van der Waals surface area contributed by atoms with Gasteiger partial charge < -0.3 is 9.84 Å². The minimum Gasteiger partial charge on any atom is -0.466 e. The molecule has 4 nitrogen and oxygen atoms in total. The van der Waals surface area contributed by atoms with Crippen molar-refractivity contribution in [2.75, 3.05) is 6.61 Å². The van der Waals surface area contributed by atoms with E-state index in [1.165, 1.54) is 0 Å². The molecular formula is C15H24O4. The molecule has 0 amide bonds. The molecule has 0 heterocycles. The zero-order valence-electron chi connectivity index (χ0n) is 12.3. The Morgan fingerprint density at radius 1 is 1.37 bits per heavy atom. The summed E-state index contributed by atoms with van der Waals surface area (Å²) in [6.07, 6.45) is 1.67. The summed E-state index contributed by atoms with van der Waals surface area (Å²) >= 11 is 0. The van der Waals surface area contributed by atoms with Crippen molar-refractivity contribution in [1.82, 2.24) is 0 Å². The number of ether oxygens (including phenoxy) is 1. The zero-order valence-corrected chi connectivity index (χ0v) is 12.3. The molecule has 2 rings (SSSR count). The minimum absolute atomic E-state index is 0.00792. The number of Topliss-reactive ketones (excluding diaryl/α,β-unsaturated/α-hetero) is 1. The Balaban J connectivity index is 2.25. The Labute approximate surface area is 114 Å². The maximum atomic E-state index is 12.2. The topological polar surface area (TPSA) is 63.6 Å². The summed E-state index contributed by atoms with van der Waals surface area (Å²) < 4.78 is 4.96. The molecule has 0 aliphatic heterocycles. The van der Waals surface area contributed by atoms with Crippen LogP contribution in [-0.2, 0) is 14.3 Å². The van der Waals surface area contributed by atoms with Gasteiger partial charge in [0.05, 0.1) is 18.6 Å². The van der Waals surface area contributed by atoms with Crippen molar-refractivity contribution in [3.8, 4) is 0 Å². The molecule has 0 bridgehead atoms. The molecular weight excluding hydrogens is 244 g/mol. The average molecular weight is 268 g/mol. The fraction of sp³-hybridized carbons (Fsp3) is 0.867. The van der Waals surface area contributed by atoms with Crippen LogP contribution in [-0.4, -0.2) is 29.1 Å². The first-order chi connectivity index (χ1) is 8.63. The number of hydrogen-bond acceptors (Lipinski definition) is 4. The molecule has 2 saturated carbocycles. The van der Waals surface area contributed by atoms with E-state index in [1.807, 2.05) is 6.92 Å². The summed E-state index contributed by atoms with van der Waals surface area (Å²) in [4.78, 5) is 23.9. The third-order valence-corrected chi connectivity index (χ3v) is 4.98. The van der Waals surface area contributed by atoms with E-state index in [0.717, 1.165) is 6.42 Å². The molecule has 2 fully saturated rings. The molecule has 0 radical (unpaired) electrons. The van der Waals surface area contributed by atoms with Gasteiger partial charge in [-0.05, 0) is 25.2 Å². The van der Waals surface area contributed by atoms with Gasteiger partial charge in [0.15, 0.2) is 0 Å². The molecule has 4 heteroatoms. The van der Waals surface area contributed by atoms with E-state index in [4.69, 9.17) is 4.74 Å². The summed E-state index contributed by atoms with van der Waals surface area (Å²) in [6, 6.07) is 0. The first-order valence-electron chi connectivity index (χ1n) is 7.04. The molecule has 2 aliphatic rings. The van der Waals surface area contributed by atoms with Crippen LogP contribution in [0.25, 0.3) is 0 Å². The zero-order chi connectivity index (χ0) is 14.5. The van der Waals surface area contributed by atoms with Crippen LogP contribution in [0.5, 0.6) is 0 Å². The molecule has 0 aromatic rings. The Hall–Kier alpha value is -0.900. The fourth-order valence-electron chi connectivity index (χ4n) is 4.42. The van der Waals surface area contributed by atoms with Gasteiger partial charge in [-0.25, -0.2) is 0 Å². The summed E-state index contributed by atoms with van der Waals surface area (Å²) in [5.41, 5.74) is -1.44. The van der Waals surface area contributed by atoms with Crippen LogP contribution >= 0.6 is 0 Å². The van der Waals surface area contributed by atoms with Gasteiger partial charge in [0.1, 0.15) is 5.78 Å². The van der Waals surface area contributed by atoms with Crippen LogP contribution in [0.3, 0.4) is 0 Å². The van der Waals surface area contributed by atoms with Gasteiger partial charge in [0.25, 0.3) is 0 Å². The number of aliphatic hydroxyl groups is 1. The molecule has 19 heavy (non-hydrogen) atoms. The van der Waals surface area contributed by atoms with Crippen molar-refractivity contribution < 1.29 is 19.4 Å². The van der Waals surface area contributed by atoms with Crippen LogP contribution in [0.4, 0.5) is 0 Å². The number of fused-ring (bicyclic) bond motifs is 1. The van der Waals surface area contributed by atoms with Crippen LogP contribution in [0.1, 0.15) is 53.4 Å². The van der Waals surface area contributed by atoms with E-state index in [0.29, 0.717) is 13.0 Å². The molecule has 0 aromatic heterocycles. The van der Waals surface area contributed by atoms with E-state index in [2.05, 4.69) is 13.8 Å². The number of carbonyl (C=O) groups is 2. The Morgan fingerprint density at radius 2 is 2.00 bits per heavy atom. The molecule has 0 unspecified atom stereocenters. The molecule has 108 valence electrons. The number of rotatable bonds is 3. The lowest BCUT2D eigenvalue weighted by molar-refractivity contribution is -0.147. The predicted octanol–water partition coefficient (Wildman–Crippen LogP) is 2.09. The van der Waals surface area contributed by atoms with Gasteiger partial charge in [0.2, 0.25) is 0 Å². The monoisotopic (exact) mass is 268 g/mol. The summed E-state index contributed by atoms with van der Waals surface area (Å²) in [5.74, 6) is -0.733. The Morgan fingerprint density at radius 3 is 2.58 bits per heavy atom. The van der Waals surface area contributed by atoms with Gasteiger partial charge >= 0.3 is 5.97 Å². The normalized spacial score (nSPS) is 40.3. The summed E-state index contributed by atoms with van der Waals surface area (Å²) in [5, 5.41) is 10.8. The van der Waals surface area contributed by atoms with Crippen molar-refractivity contribution in [1.29, 1.82) is 0 Å². The molecule has 0 saturated heterocycles. The maximum absolute atomic E-state index is 12.2. The van der Waals surface area contributed by atoms with E-state index >= 15 is 0 Å². The largest absolute Gasteiger partial charge is 0.466 e. The van der Waals surface area contributed by atoms with Gasteiger partial charge in [-0.3, -0.25) is 9.59 Å². The van der Waals surface area contributed by atoms with Gasteiger partial charge in [-0.15, -0.1) is 0 Å². The van der Waals surface area contributed by atoms with Crippen LogP contribution in [0.15, 0.2) is 0 Å². The second-order valence-corrected chi connectivity index (χ2v) is 7.17. The third-order valence-electron chi connectivity index (χ3n) is 4.98. The van der Waals surface area contributed by atoms with Crippen molar-refractivity contribution in [2.45, 2.75) is 59.0 Å². The Kier molecular flexibility index (Phi) is 3.28. The predicted molar refractivity (Wildman–Crippen MR) is 70.4 cm³/mol. The van der Waals surface area contributed by atoms with Crippen molar-refractivity contribution in [2.24, 2.45) is 16.7 Å². The molecule has 0 spiro atoms. The highest BCUT2D eigenvalue weighted by Gasteiger charge is 2.67. The lowest BCUT2D eigenvalue weighted by Crippen LogP contribution is -2.40. The van der Waals surface area contributed by atoms with Crippen LogP contribution < -0.4 is 0 Å². The van der Waals surface area contributed by atoms with Crippen LogP contribution in [0, 0.1) is 16.7 Å². The smallest absolute Gasteiger partial charge is 0.306 e. The molecule has 1 N–H and O–H groups in total. The number of hydrogen-bond donors (Lipinski definition) is 1. The Bertz CT molecular complexity index is 414. The van der Waals surface area contributed by atoms with Gasteiger partial charge in [-0.2, -0.15) is 0 Å². The minimum atomic E-state index is -0.954. The van der Waals surface area contributed by atoms with E-state index < -0.39 is 16.9 Å². The number of carbonyl (C=O) groups excluding carboxylic acids is 2. The first-order valence-corrected chi connectivity index (χ1v) is 7.04. The van der Waals surface area contributed by atoms with E-state index in [9.17, 15) is 14.7 Å². The van der Waals surface area contributed by atoms with Crippen LogP contribution in [0.2, 0.25) is 0 Å². The number of ketones is 1. The lowest BCUT2D eigenvalue weighted by Gasteiger charge is -2.35. The van der Waals surface area contributed by atoms with Crippen molar-refractivity contribution >= 4 is 11.8 Å². The van der Waals surface area contributed by atoms with Crippen molar-refractivity contribution in [3.63, 3.8) is 0 Å². The highest BCUT2D eigenvalue weighted by Crippen LogP contribution is 2.64. The lowest BCUT2D eigenvalue weighted by atomic mass is 9.71. The summed E-state index contributed by atoms with van der Waals surface area (Å²) in [6.45, 7) is 8.26. The average Bonchev–Trinajstić information content (AvgIpc) is 2.49. The van der Waals surface area contributed by atoms with E-state index in [-0.39, 0.29) is 30.0 Å².